The molecule has 2 aromatic heterocycles. The molecule has 0 N–H and O–H groups in total. The number of fused-ring (bicyclic) bond motifs is 1. The lowest BCUT2D eigenvalue weighted by atomic mass is 9.99. The van der Waals surface area contributed by atoms with E-state index in [4.69, 9.17) is 14.5 Å². The Morgan fingerprint density at radius 1 is 1.15 bits per heavy atom. The van der Waals surface area contributed by atoms with Crippen LogP contribution in [0.4, 0.5) is 0 Å². The minimum absolute atomic E-state index is 0.281. The van der Waals surface area contributed by atoms with E-state index in [1.807, 2.05) is 33.0 Å². The van der Waals surface area contributed by atoms with Crippen LogP contribution in [-0.4, -0.2) is 34.3 Å². The molecule has 0 radical (unpaired) electrons. The first-order valence-corrected chi connectivity index (χ1v) is 12.2. The highest BCUT2D eigenvalue weighted by Gasteiger charge is 2.28. The van der Waals surface area contributed by atoms with Gasteiger partial charge in [0.2, 0.25) is 0 Å². The summed E-state index contributed by atoms with van der Waals surface area (Å²) in [5.41, 5.74) is 4.44. The van der Waals surface area contributed by atoms with Gasteiger partial charge in [0, 0.05) is 49.5 Å². The second kappa shape index (κ2) is 8.94. The highest BCUT2D eigenvalue weighted by atomic mass is 16.6. The molecule has 0 spiro atoms. The molecule has 1 saturated carbocycles. The molecular weight excluding hydrogens is 412 g/mol. The zero-order chi connectivity index (χ0) is 23.0. The number of carbonyl (C=O) groups is 1. The van der Waals surface area contributed by atoms with E-state index in [2.05, 4.69) is 35.0 Å². The van der Waals surface area contributed by atoms with Crippen molar-refractivity contribution < 1.29 is 14.3 Å². The van der Waals surface area contributed by atoms with Crippen LogP contribution in [0.3, 0.4) is 0 Å². The number of nitrogens with zero attached hydrogens (tertiary/aromatic N) is 2. The zero-order valence-electron chi connectivity index (χ0n) is 20.0. The number of aromatic nitrogens is 2. The van der Waals surface area contributed by atoms with Gasteiger partial charge in [-0.3, -0.25) is 4.98 Å². The average Bonchev–Trinajstić information content (AvgIpc) is 3.55. The molecule has 5 heteroatoms. The first kappa shape index (κ1) is 22.1. The van der Waals surface area contributed by atoms with Crippen molar-refractivity contribution in [2.45, 2.75) is 70.9 Å². The third-order valence-electron chi connectivity index (χ3n) is 6.72. The van der Waals surface area contributed by atoms with Crippen molar-refractivity contribution in [1.82, 2.24) is 9.55 Å². The summed E-state index contributed by atoms with van der Waals surface area (Å²) >= 11 is 0. The van der Waals surface area contributed by atoms with Crippen LogP contribution < -0.4 is 0 Å². The van der Waals surface area contributed by atoms with Crippen LogP contribution in [0, 0.1) is 5.92 Å². The van der Waals surface area contributed by atoms with Gasteiger partial charge in [0.1, 0.15) is 5.60 Å². The second-order valence-corrected chi connectivity index (χ2v) is 10.6. The van der Waals surface area contributed by atoms with Gasteiger partial charge < -0.3 is 14.0 Å². The van der Waals surface area contributed by atoms with Gasteiger partial charge in [-0.15, -0.1) is 0 Å². The minimum atomic E-state index is -0.536. The van der Waals surface area contributed by atoms with Gasteiger partial charge in [0.25, 0.3) is 0 Å². The first-order chi connectivity index (χ1) is 15.9. The third-order valence-corrected chi connectivity index (χ3v) is 6.72. The summed E-state index contributed by atoms with van der Waals surface area (Å²) in [7, 11) is 0. The normalized spacial score (nSPS) is 17.4. The number of rotatable bonds is 6. The molecule has 0 atom stereocenters. The third kappa shape index (κ3) is 5.14. The first-order valence-electron chi connectivity index (χ1n) is 12.2. The van der Waals surface area contributed by atoms with E-state index in [0.717, 1.165) is 43.9 Å². The molecule has 0 amide bonds. The van der Waals surface area contributed by atoms with Gasteiger partial charge in [0.15, 0.2) is 0 Å². The maximum absolute atomic E-state index is 13.1. The Morgan fingerprint density at radius 2 is 1.94 bits per heavy atom. The van der Waals surface area contributed by atoms with Crippen molar-refractivity contribution in [2.24, 2.45) is 5.92 Å². The van der Waals surface area contributed by atoms with Gasteiger partial charge in [-0.1, -0.05) is 12.1 Å². The van der Waals surface area contributed by atoms with E-state index in [0.29, 0.717) is 23.8 Å². The predicted octanol–water partition coefficient (Wildman–Crippen LogP) is 5.89. The predicted molar refractivity (Wildman–Crippen MR) is 130 cm³/mol. The summed E-state index contributed by atoms with van der Waals surface area (Å²) in [6, 6.07) is 10.7. The van der Waals surface area contributed by atoms with Crippen molar-refractivity contribution in [3.05, 3.63) is 65.1 Å². The SMILES string of the molecule is CC(C)(C)OC(=O)c1cc(C2CC2)cnc1Cc1cccc2c1ccn2CC1CCOCC1. The van der Waals surface area contributed by atoms with Gasteiger partial charge >= 0.3 is 5.97 Å². The molecule has 0 bridgehead atoms. The number of ether oxygens (including phenoxy) is 2. The number of benzene rings is 1. The summed E-state index contributed by atoms with van der Waals surface area (Å²) in [4.78, 5) is 17.9. The van der Waals surface area contributed by atoms with E-state index in [1.165, 1.54) is 29.3 Å². The Bertz CT molecular complexity index is 1150. The number of pyridine rings is 1. The molecule has 5 rings (SSSR count). The summed E-state index contributed by atoms with van der Waals surface area (Å²) in [5, 5.41) is 1.23. The topological polar surface area (TPSA) is 53.3 Å². The van der Waals surface area contributed by atoms with Gasteiger partial charge in [0.05, 0.1) is 11.3 Å². The Labute approximate surface area is 196 Å². The quantitative estimate of drug-likeness (QED) is 0.443. The fourth-order valence-electron chi connectivity index (χ4n) is 4.79. The van der Waals surface area contributed by atoms with Crippen LogP contribution in [0.5, 0.6) is 0 Å². The molecule has 33 heavy (non-hydrogen) atoms. The number of hydrogen-bond donors (Lipinski definition) is 0. The lowest BCUT2D eigenvalue weighted by molar-refractivity contribution is 0.00678. The van der Waals surface area contributed by atoms with E-state index in [9.17, 15) is 4.79 Å². The monoisotopic (exact) mass is 446 g/mol. The van der Waals surface area contributed by atoms with E-state index in [1.54, 1.807) is 0 Å². The summed E-state index contributed by atoms with van der Waals surface area (Å²) in [6.07, 6.45) is 9.35. The van der Waals surface area contributed by atoms with Crippen molar-refractivity contribution in [3.63, 3.8) is 0 Å². The molecule has 2 aliphatic rings. The Morgan fingerprint density at radius 3 is 2.67 bits per heavy atom. The molecule has 1 aromatic carbocycles. The maximum Gasteiger partial charge on any atom is 0.340 e. The Kier molecular flexibility index (Phi) is 6.00. The van der Waals surface area contributed by atoms with Gasteiger partial charge in [-0.05, 0) is 87.6 Å². The van der Waals surface area contributed by atoms with Crippen LogP contribution in [0.2, 0.25) is 0 Å². The van der Waals surface area contributed by atoms with Crippen molar-refractivity contribution in [2.75, 3.05) is 13.2 Å². The van der Waals surface area contributed by atoms with Crippen LogP contribution in [0.1, 0.15) is 79.6 Å². The second-order valence-electron chi connectivity index (χ2n) is 10.6. The van der Waals surface area contributed by atoms with Crippen LogP contribution in [-0.2, 0) is 22.4 Å². The molecule has 0 unspecified atom stereocenters. The molecule has 1 saturated heterocycles. The lowest BCUT2D eigenvalue weighted by Crippen LogP contribution is -2.25. The summed E-state index contributed by atoms with van der Waals surface area (Å²) < 4.78 is 13.6. The average molecular weight is 447 g/mol. The minimum Gasteiger partial charge on any atom is -0.456 e. The summed E-state index contributed by atoms with van der Waals surface area (Å²) in [6.45, 7) is 8.48. The zero-order valence-corrected chi connectivity index (χ0v) is 20.0. The van der Waals surface area contributed by atoms with Gasteiger partial charge in [-0.25, -0.2) is 4.79 Å². The molecule has 1 aliphatic carbocycles. The molecule has 2 fully saturated rings. The summed E-state index contributed by atoms with van der Waals surface area (Å²) in [5.74, 6) is 0.917. The molecule has 1 aliphatic heterocycles. The number of esters is 1. The van der Waals surface area contributed by atoms with Crippen molar-refractivity contribution in [3.8, 4) is 0 Å². The van der Waals surface area contributed by atoms with Crippen LogP contribution >= 0.6 is 0 Å². The molecule has 5 nitrogen and oxygen atoms in total. The van der Waals surface area contributed by atoms with Crippen LogP contribution in [0.25, 0.3) is 10.9 Å². The highest BCUT2D eigenvalue weighted by Crippen LogP contribution is 2.40. The van der Waals surface area contributed by atoms with Crippen molar-refractivity contribution in [1.29, 1.82) is 0 Å². The van der Waals surface area contributed by atoms with Crippen molar-refractivity contribution >= 4 is 16.9 Å². The highest BCUT2D eigenvalue weighted by molar-refractivity contribution is 5.92. The molecular formula is C28H34N2O3. The fourth-order valence-corrected chi connectivity index (χ4v) is 4.79. The van der Waals surface area contributed by atoms with Gasteiger partial charge in [-0.2, -0.15) is 0 Å². The molecule has 3 aromatic rings. The standard InChI is InChI=1S/C28H34N2O3/c1-28(2,3)33-27(31)24-15-22(20-7-8-20)17-29-25(24)16-21-5-4-6-26-23(21)9-12-30(26)18-19-10-13-32-14-11-19/h4-6,9,12,15,17,19-20H,7-8,10-11,13-14,16,18H2,1-3H3. The largest absolute Gasteiger partial charge is 0.456 e. The Hall–Kier alpha value is -2.66. The molecule has 3 heterocycles. The lowest BCUT2D eigenvalue weighted by Gasteiger charge is -2.23. The maximum atomic E-state index is 13.1. The smallest absolute Gasteiger partial charge is 0.340 e. The number of carbonyl (C=O) groups excluding carboxylic acids is 1. The van der Waals surface area contributed by atoms with Crippen LogP contribution in [0.15, 0.2) is 42.7 Å². The molecule has 174 valence electrons. The van der Waals surface area contributed by atoms with E-state index < -0.39 is 5.60 Å². The number of hydrogen-bond acceptors (Lipinski definition) is 4. The Balaban J connectivity index is 1.44. The van der Waals surface area contributed by atoms with E-state index >= 15 is 0 Å². The fraction of sp³-hybridized carbons (Fsp3) is 0.500. The van der Waals surface area contributed by atoms with E-state index in [-0.39, 0.29) is 5.97 Å².